The minimum Gasteiger partial charge on any atom is -0.331 e. The molecule has 0 radical (unpaired) electrons. The van der Waals surface area contributed by atoms with Crippen LogP contribution in [0.4, 0.5) is 20.2 Å². The van der Waals surface area contributed by atoms with E-state index in [4.69, 9.17) is 23.8 Å². The zero-order valence-electron chi connectivity index (χ0n) is 9.58. The SMILES string of the molecule is Fc1ccc(NC(=S)Nc2ccccc2F)c(Cl)c1. The topological polar surface area (TPSA) is 24.1 Å². The van der Waals surface area contributed by atoms with Crippen LogP contribution in [0.15, 0.2) is 42.5 Å². The van der Waals surface area contributed by atoms with Crippen molar-refractivity contribution in [2.75, 3.05) is 10.6 Å². The van der Waals surface area contributed by atoms with Crippen molar-refractivity contribution in [3.05, 3.63) is 59.1 Å². The number of hydrogen-bond acceptors (Lipinski definition) is 1. The Morgan fingerprint density at radius 2 is 1.68 bits per heavy atom. The van der Waals surface area contributed by atoms with E-state index in [0.717, 1.165) is 6.07 Å². The van der Waals surface area contributed by atoms with E-state index in [-0.39, 0.29) is 15.8 Å². The molecule has 2 aromatic rings. The third-order valence-electron chi connectivity index (χ3n) is 2.30. The second kappa shape index (κ2) is 5.95. The maximum absolute atomic E-state index is 13.4. The van der Waals surface area contributed by atoms with Gasteiger partial charge < -0.3 is 10.6 Å². The predicted molar refractivity (Wildman–Crippen MR) is 77.7 cm³/mol. The van der Waals surface area contributed by atoms with Crippen LogP contribution >= 0.6 is 23.8 Å². The van der Waals surface area contributed by atoms with Gasteiger partial charge in [0.25, 0.3) is 0 Å². The maximum Gasteiger partial charge on any atom is 0.175 e. The highest BCUT2D eigenvalue weighted by Crippen LogP contribution is 2.22. The molecular weight excluding hydrogens is 290 g/mol. The first-order valence-corrected chi connectivity index (χ1v) is 6.12. The fourth-order valence-electron chi connectivity index (χ4n) is 1.43. The highest BCUT2D eigenvalue weighted by molar-refractivity contribution is 7.80. The summed E-state index contributed by atoms with van der Waals surface area (Å²) in [6.45, 7) is 0. The van der Waals surface area contributed by atoms with Gasteiger partial charge in [0.2, 0.25) is 0 Å². The fourth-order valence-corrected chi connectivity index (χ4v) is 1.86. The average Bonchev–Trinajstić information content (AvgIpc) is 2.36. The van der Waals surface area contributed by atoms with E-state index < -0.39 is 11.6 Å². The Balaban J connectivity index is 2.08. The Kier molecular flexibility index (Phi) is 4.29. The third-order valence-corrected chi connectivity index (χ3v) is 2.82. The van der Waals surface area contributed by atoms with Crippen LogP contribution < -0.4 is 10.6 Å². The van der Waals surface area contributed by atoms with Crippen LogP contribution in [-0.2, 0) is 0 Å². The monoisotopic (exact) mass is 298 g/mol. The minimum absolute atomic E-state index is 0.165. The molecule has 19 heavy (non-hydrogen) atoms. The predicted octanol–water partition coefficient (Wildman–Crippen LogP) is 4.43. The van der Waals surface area contributed by atoms with Crippen molar-refractivity contribution in [3.8, 4) is 0 Å². The zero-order chi connectivity index (χ0) is 13.8. The summed E-state index contributed by atoms with van der Waals surface area (Å²) in [4.78, 5) is 0. The van der Waals surface area contributed by atoms with Gasteiger partial charge in [-0.2, -0.15) is 0 Å². The second-order valence-electron chi connectivity index (χ2n) is 3.68. The number of rotatable bonds is 2. The van der Waals surface area contributed by atoms with Crippen molar-refractivity contribution in [3.63, 3.8) is 0 Å². The number of nitrogens with one attached hydrogen (secondary N) is 2. The lowest BCUT2D eigenvalue weighted by molar-refractivity contribution is 0.628. The van der Waals surface area contributed by atoms with Crippen LogP contribution in [0.5, 0.6) is 0 Å². The van der Waals surface area contributed by atoms with Crippen LogP contribution in [0.1, 0.15) is 0 Å². The molecular formula is C13H9ClF2N2S. The summed E-state index contributed by atoms with van der Waals surface area (Å²) in [5.41, 5.74) is 0.690. The Hall–Kier alpha value is -1.72. The lowest BCUT2D eigenvalue weighted by atomic mass is 10.3. The smallest absolute Gasteiger partial charge is 0.175 e. The molecule has 0 aliphatic carbocycles. The first kappa shape index (κ1) is 13.7. The summed E-state index contributed by atoms with van der Waals surface area (Å²) in [6, 6.07) is 9.99. The molecule has 0 spiro atoms. The van der Waals surface area contributed by atoms with Crippen molar-refractivity contribution in [1.82, 2.24) is 0 Å². The van der Waals surface area contributed by atoms with Crippen LogP contribution in [-0.4, -0.2) is 5.11 Å². The number of para-hydroxylation sites is 1. The number of thiocarbonyl (C=S) groups is 1. The number of anilines is 2. The normalized spacial score (nSPS) is 10.1. The molecule has 6 heteroatoms. The number of halogens is 3. The van der Waals surface area contributed by atoms with Gasteiger partial charge in [-0.1, -0.05) is 23.7 Å². The average molecular weight is 299 g/mol. The van der Waals surface area contributed by atoms with E-state index in [2.05, 4.69) is 10.6 Å². The molecule has 2 aromatic carbocycles. The minimum atomic E-state index is -0.441. The Morgan fingerprint density at radius 3 is 2.37 bits per heavy atom. The summed E-state index contributed by atoms with van der Waals surface area (Å²) < 4.78 is 26.3. The van der Waals surface area contributed by atoms with Gasteiger partial charge in [0.1, 0.15) is 11.6 Å². The van der Waals surface area contributed by atoms with Gasteiger partial charge in [-0.05, 0) is 42.5 Å². The fraction of sp³-hybridized carbons (Fsp3) is 0. The van der Waals surface area contributed by atoms with Gasteiger partial charge in [-0.15, -0.1) is 0 Å². The quantitative estimate of drug-likeness (QED) is 0.802. The van der Waals surface area contributed by atoms with Crippen LogP contribution in [0, 0.1) is 11.6 Å². The van der Waals surface area contributed by atoms with Crippen molar-refractivity contribution < 1.29 is 8.78 Å². The second-order valence-corrected chi connectivity index (χ2v) is 4.50. The van der Waals surface area contributed by atoms with E-state index in [9.17, 15) is 8.78 Å². The molecule has 0 aliphatic rings. The Morgan fingerprint density at radius 1 is 1.00 bits per heavy atom. The Labute approximate surface area is 119 Å². The van der Waals surface area contributed by atoms with Crippen molar-refractivity contribution >= 4 is 40.3 Å². The molecule has 0 fully saturated rings. The highest BCUT2D eigenvalue weighted by atomic mass is 35.5. The first-order valence-electron chi connectivity index (χ1n) is 5.34. The van der Waals surface area contributed by atoms with Gasteiger partial charge in [0.05, 0.1) is 16.4 Å². The molecule has 98 valence electrons. The number of benzene rings is 2. The lowest BCUT2D eigenvalue weighted by Gasteiger charge is -2.12. The van der Waals surface area contributed by atoms with Gasteiger partial charge in [0, 0.05) is 0 Å². The summed E-state index contributed by atoms with van der Waals surface area (Å²) in [6.07, 6.45) is 0. The maximum atomic E-state index is 13.4. The third kappa shape index (κ3) is 3.62. The molecule has 0 bridgehead atoms. The molecule has 2 rings (SSSR count). The molecule has 0 atom stereocenters. The Bertz CT molecular complexity index is 619. The molecule has 0 aromatic heterocycles. The van der Waals surface area contributed by atoms with E-state index in [1.807, 2.05) is 0 Å². The van der Waals surface area contributed by atoms with Crippen LogP contribution in [0.3, 0.4) is 0 Å². The number of hydrogen-bond donors (Lipinski definition) is 2. The zero-order valence-corrected chi connectivity index (χ0v) is 11.2. The van der Waals surface area contributed by atoms with Crippen molar-refractivity contribution in [2.45, 2.75) is 0 Å². The van der Waals surface area contributed by atoms with Gasteiger partial charge >= 0.3 is 0 Å². The molecule has 0 unspecified atom stereocenters. The van der Waals surface area contributed by atoms with E-state index in [0.29, 0.717) is 5.69 Å². The molecule has 0 saturated carbocycles. The van der Waals surface area contributed by atoms with Crippen molar-refractivity contribution in [1.29, 1.82) is 0 Å². The van der Waals surface area contributed by atoms with Gasteiger partial charge in [-0.3, -0.25) is 0 Å². The molecule has 0 saturated heterocycles. The van der Waals surface area contributed by atoms with Crippen molar-refractivity contribution in [2.24, 2.45) is 0 Å². The molecule has 0 amide bonds. The van der Waals surface area contributed by atoms with Gasteiger partial charge in [0.15, 0.2) is 5.11 Å². The van der Waals surface area contributed by atoms with E-state index >= 15 is 0 Å². The van der Waals surface area contributed by atoms with E-state index in [1.54, 1.807) is 18.2 Å². The first-order chi connectivity index (χ1) is 9.06. The standard InChI is InChI=1S/C13H9ClF2N2S/c14-9-7-8(15)5-6-11(9)17-13(19)18-12-4-2-1-3-10(12)16/h1-7H,(H2,17,18,19). The molecule has 2 N–H and O–H groups in total. The largest absolute Gasteiger partial charge is 0.331 e. The molecule has 0 aliphatic heterocycles. The molecule has 2 nitrogen and oxygen atoms in total. The summed E-state index contributed by atoms with van der Waals surface area (Å²) in [5, 5.41) is 5.82. The van der Waals surface area contributed by atoms with Crippen LogP contribution in [0.25, 0.3) is 0 Å². The highest BCUT2D eigenvalue weighted by Gasteiger charge is 2.06. The summed E-state index contributed by atoms with van der Waals surface area (Å²) in [5.74, 6) is -0.861. The molecule has 0 heterocycles. The lowest BCUT2D eigenvalue weighted by Crippen LogP contribution is -2.20. The van der Waals surface area contributed by atoms with Crippen LogP contribution in [0.2, 0.25) is 5.02 Å². The van der Waals surface area contributed by atoms with E-state index in [1.165, 1.54) is 18.2 Å². The van der Waals surface area contributed by atoms with Gasteiger partial charge in [-0.25, -0.2) is 8.78 Å². The summed E-state index contributed by atoms with van der Waals surface area (Å²) in [7, 11) is 0. The summed E-state index contributed by atoms with van der Waals surface area (Å²) >= 11 is 10.9.